The molecular formula is C24H25N5O4. The van der Waals surface area contributed by atoms with E-state index >= 15 is 0 Å². The van der Waals surface area contributed by atoms with Crippen LogP contribution in [-0.2, 0) is 0 Å². The first kappa shape index (κ1) is 21.9. The highest BCUT2D eigenvalue weighted by atomic mass is 16.5. The lowest BCUT2D eigenvalue weighted by atomic mass is 9.83. The van der Waals surface area contributed by atoms with Crippen molar-refractivity contribution in [3.63, 3.8) is 0 Å². The van der Waals surface area contributed by atoms with Gasteiger partial charge >= 0.3 is 0 Å². The number of benzene rings is 2. The number of nitrogens with zero attached hydrogens (tertiary/aromatic N) is 3. The number of methoxy groups -OCH3 is 3. The van der Waals surface area contributed by atoms with Gasteiger partial charge in [0.1, 0.15) is 11.6 Å². The maximum Gasteiger partial charge on any atom is 0.244 e. The molecule has 4 rings (SSSR count). The van der Waals surface area contributed by atoms with Gasteiger partial charge in [0.25, 0.3) is 0 Å². The van der Waals surface area contributed by atoms with Crippen molar-refractivity contribution in [1.29, 1.82) is 5.26 Å². The standard InChI is InChI=1S/C24H25N5O4/c1-29(2)15-8-6-13(7-9-15)19-16(12-25)23(26)33-24-20(19)21(27-28-24)14-10-17(30-3)22(32-5)18(11-14)31-4/h6-11,19H,26H2,1-5H3,(H,27,28)/t19-/m1/s1. The number of nitrogens with one attached hydrogen (secondary N) is 1. The number of hydrogen-bond donors (Lipinski definition) is 2. The van der Waals surface area contributed by atoms with Gasteiger partial charge in [-0.25, -0.2) is 0 Å². The molecule has 170 valence electrons. The lowest BCUT2D eigenvalue weighted by Crippen LogP contribution is -2.21. The molecule has 0 spiro atoms. The molecule has 0 saturated heterocycles. The molecule has 0 aliphatic carbocycles. The second kappa shape index (κ2) is 8.67. The Morgan fingerprint density at radius 1 is 1.06 bits per heavy atom. The van der Waals surface area contributed by atoms with Gasteiger partial charge in [-0.3, -0.25) is 5.10 Å². The van der Waals surface area contributed by atoms with Crippen LogP contribution in [0.15, 0.2) is 47.9 Å². The van der Waals surface area contributed by atoms with Crippen LogP contribution in [0.2, 0.25) is 0 Å². The highest BCUT2D eigenvalue weighted by molar-refractivity contribution is 5.75. The third kappa shape index (κ3) is 3.65. The summed E-state index contributed by atoms with van der Waals surface area (Å²) in [5.41, 5.74) is 10.4. The highest BCUT2D eigenvalue weighted by Crippen LogP contribution is 2.48. The van der Waals surface area contributed by atoms with E-state index in [9.17, 15) is 5.26 Å². The van der Waals surface area contributed by atoms with Gasteiger partial charge in [0.15, 0.2) is 11.5 Å². The van der Waals surface area contributed by atoms with Crippen molar-refractivity contribution in [2.24, 2.45) is 5.73 Å². The van der Waals surface area contributed by atoms with Crippen molar-refractivity contribution in [3.8, 4) is 40.5 Å². The summed E-state index contributed by atoms with van der Waals surface area (Å²) >= 11 is 0. The Hall–Kier alpha value is -4.32. The van der Waals surface area contributed by atoms with Crippen molar-refractivity contribution in [2.75, 3.05) is 40.3 Å². The minimum absolute atomic E-state index is 0.0367. The fourth-order valence-corrected chi connectivity index (χ4v) is 3.99. The number of anilines is 1. The number of aromatic amines is 1. The van der Waals surface area contributed by atoms with Crippen LogP contribution >= 0.6 is 0 Å². The largest absolute Gasteiger partial charge is 0.493 e. The predicted octanol–water partition coefficient (Wildman–Crippen LogP) is 3.39. The molecule has 9 nitrogen and oxygen atoms in total. The molecular weight excluding hydrogens is 422 g/mol. The van der Waals surface area contributed by atoms with Gasteiger partial charge in [0, 0.05) is 25.3 Å². The molecule has 0 unspecified atom stereocenters. The van der Waals surface area contributed by atoms with Gasteiger partial charge in [-0.05, 0) is 29.8 Å². The van der Waals surface area contributed by atoms with Crippen LogP contribution in [0.3, 0.4) is 0 Å². The van der Waals surface area contributed by atoms with Gasteiger partial charge < -0.3 is 29.6 Å². The van der Waals surface area contributed by atoms with Crippen molar-refractivity contribution < 1.29 is 18.9 Å². The molecule has 1 aliphatic rings. The topological polar surface area (TPSA) is 119 Å². The van der Waals surface area contributed by atoms with Gasteiger partial charge in [0.05, 0.1) is 38.5 Å². The Morgan fingerprint density at radius 2 is 1.70 bits per heavy atom. The summed E-state index contributed by atoms with van der Waals surface area (Å²) < 4.78 is 22.2. The molecule has 9 heteroatoms. The number of aromatic nitrogens is 2. The molecule has 0 fully saturated rings. The maximum absolute atomic E-state index is 9.93. The Morgan fingerprint density at radius 3 is 2.21 bits per heavy atom. The molecule has 33 heavy (non-hydrogen) atoms. The van der Waals surface area contributed by atoms with E-state index in [-0.39, 0.29) is 5.88 Å². The molecule has 3 aromatic rings. The zero-order valence-electron chi connectivity index (χ0n) is 19.1. The number of ether oxygens (including phenoxy) is 4. The monoisotopic (exact) mass is 447 g/mol. The van der Waals surface area contributed by atoms with E-state index in [4.69, 9.17) is 24.7 Å². The van der Waals surface area contributed by atoms with Crippen LogP contribution in [0.4, 0.5) is 5.69 Å². The number of H-pyrrole nitrogens is 1. The molecule has 0 bridgehead atoms. The summed E-state index contributed by atoms with van der Waals surface area (Å²) in [6.45, 7) is 0. The first-order valence-electron chi connectivity index (χ1n) is 10.2. The quantitative estimate of drug-likeness (QED) is 0.590. The lowest BCUT2D eigenvalue weighted by Gasteiger charge is -2.25. The van der Waals surface area contributed by atoms with E-state index in [1.165, 1.54) is 0 Å². The van der Waals surface area contributed by atoms with Crippen molar-refractivity contribution in [2.45, 2.75) is 5.92 Å². The van der Waals surface area contributed by atoms with Crippen molar-refractivity contribution >= 4 is 5.69 Å². The molecule has 2 aromatic carbocycles. The number of nitriles is 1. The molecule has 1 aliphatic heterocycles. The average molecular weight is 447 g/mol. The maximum atomic E-state index is 9.93. The highest BCUT2D eigenvalue weighted by Gasteiger charge is 2.36. The van der Waals surface area contributed by atoms with E-state index in [1.54, 1.807) is 21.3 Å². The number of fused-ring (bicyclic) bond motifs is 1. The summed E-state index contributed by atoms with van der Waals surface area (Å²) in [5.74, 6) is 1.35. The zero-order valence-corrected chi connectivity index (χ0v) is 19.1. The van der Waals surface area contributed by atoms with Crippen LogP contribution in [0.5, 0.6) is 23.1 Å². The minimum atomic E-state index is -0.470. The zero-order chi connectivity index (χ0) is 23.7. The summed E-state index contributed by atoms with van der Waals surface area (Å²) in [6, 6.07) is 13.8. The van der Waals surface area contributed by atoms with Gasteiger partial charge in [-0.1, -0.05) is 12.1 Å². The van der Waals surface area contributed by atoms with Crippen LogP contribution < -0.4 is 29.6 Å². The third-order valence-electron chi connectivity index (χ3n) is 5.64. The normalized spacial score (nSPS) is 14.7. The Bertz CT molecular complexity index is 1230. The fourth-order valence-electron chi connectivity index (χ4n) is 3.99. The van der Waals surface area contributed by atoms with Crippen LogP contribution in [0, 0.1) is 11.3 Å². The second-order valence-electron chi connectivity index (χ2n) is 7.64. The molecule has 0 amide bonds. The summed E-state index contributed by atoms with van der Waals surface area (Å²) in [4.78, 5) is 2.01. The molecule has 3 N–H and O–H groups in total. The number of nitrogens with two attached hydrogens (primary N) is 1. The number of hydrogen-bond acceptors (Lipinski definition) is 8. The fraction of sp³-hybridized carbons (Fsp3) is 0.250. The molecule has 0 radical (unpaired) electrons. The second-order valence-corrected chi connectivity index (χ2v) is 7.64. The van der Waals surface area contributed by atoms with Crippen LogP contribution in [0.25, 0.3) is 11.3 Å². The average Bonchev–Trinajstić information content (AvgIpc) is 3.25. The Kier molecular flexibility index (Phi) is 5.75. The lowest BCUT2D eigenvalue weighted by molar-refractivity contribution is 0.324. The molecule has 2 heterocycles. The molecule has 1 aromatic heterocycles. The van der Waals surface area contributed by atoms with E-state index < -0.39 is 5.92 Å². The Balaban J connectivity index is 1.92. The van der Waals surface area contributed by atoms with Gasteiger partial charge in [-0.2, -0.15) is 5.26 Å². The van der Waals surface area contributed by atoms with E-state index in [0.29, 0.717) is 40.0 Å². The Labute approximate surface area is 191 Å². The molecule has 1 atom stereocenters. The predicted molar refractivity (Wildman–Crippen MR) is 124 cm³/mol. The smallest absolute Gasteiger partial charge is 0.244 e. The van der Waals surface area contributed by atoms with Crippen LogP contribution in [0.1, 0.15) is 17.0 Å². The third-order valence-corrected chi connectivity index (χ3v) is 5.64. The number of rotatable bonds is 6. The summed E-state index contributed by atoms with van der Waals surface area (Å²) in [7, 11) is 8.60. The minimum Gasteiger partial charge on any atom is -0.493 e. The SMILES string of the molecule is COc1cc(-c2[nH]nc3c2[C@H](c2ccc(N(C)C)cc2)C(C#N)=C(N)O3)cc(OC)c1OC. The van der Waals surface area contributed by atoms with E-state index in [2.05, 4.69) is 16.3 Å². The summed E-state index contributed by atoms with van der Waals surface area (Å²) in [6.07, 6.45) is 0. The van der Waals surface area contributed by atoms with Crippen molar-refractivity contribution in [1.82, 2.24) is 10.2 Å². The first-order chi connectivity index (χ1) is 15.9. The first-order valence-corrected chi connectivity index (χ1v) is 10.2. The van der Waals surface area contributed by atoms with Gasteiger partial charge in [-0.15, -0.1) is 5.10 Å². The van der Waals surface area contributed by atoms with E-state index in [0.717, 1.165) is 16.8 Å². The van der Waals surface area contributed by atoms with Crippen LogP contribution in [-0.4, -0.2) is 45.6 Å². The summed E-state index contributed by atoms with van der Waals surface area (Å²) in [5, 5.41) is 17.3. The van der Waals surface area contributed by atoms with Gasteiger partial charge in [0.2, 0.25) is 17.5 Å². The number of allylic oxidation sites excluding steroid dienone is 1. The van der Waals surface area contributed by atoms with E-state index in [1.807, 2.05) is 55.4 Å². The van der Waals surface area contributed by atoms with Crippen molar-refractivity contribution in [3.05, 3.63) is 59.0 Å². The molecule has 0 saturated carbocycles.